The smallest absolute Gasteiger partial charge is 0.267 e. The van der Waals surface area contributed by atoms with Gasteiger partial charge in [0.05, 0.1) is 4.90 Å². The molecule has 7 heteroatoms. The third kappa shape index (κ3) is 3.50. The second-order valence-electron chi connectivity index (χ2n) is 9.84. The summed E-state index contributed by atoms with van der Waals surface area (Å²) in [6, 6.07) is 6.22. The number of rotatable bonds is 4. The number of nitrogens with one attached hydrogen (secondary N) is 1. The number of hydrogen-bond donors (Lipinski definition) is 1. The summed E-state index contributed by atoms with van der Waals surface area (Å²) in [5.74, 6) is 0.326. The van der Waals surface area contributed by atoms with Gasteiger partial charge in [0.2, 0.25) is 10.0 Å². The van der Waals surface area contributed by atoms with E-state index in [9.17, 15) is 13.2 Å². The van der Waals surface area contributed by atoms with Crippen LogP contribution < -0.4 is 5.43 Å². The Balaban J connectivity index is 1.45. The quantitative estimate of drug-likeness (QED) is 0.726. The van der Waals surface area contributed by atoms with Crippen molar-refractivity contribution in [2.24, 2.45) is 21.8 Å². The lowest BCUT2D eigenvalue weighted by molar-refractivity contribution is 0.0953. The highest BCUT2D eigenvalue weighted by molar-refractivity contribution is 7.89. The molecule has 1 aromatic rings. The topological polar surface area (TPSA) is 78.8 Å². The Morgan fingerprint density at radius 3 is 2.23 bits per heavy atom. The molecule has 0 aromatic heterocycles. The molecule has 1 saturated heterocycles. The Morgan fingerprint density at radius 1 is 1.07 bits per heavy atom. The molecule has 3 aliphatic rings. The molecule has 2 aliphatic carbocycles. The van der Waals surface area contributed by atoms with E-state index in [1.165, 1.54) is 18.6 Å². The summed E-state index contributed by atoms with van der Waals surface area (Å²) in [5, 5.41) is 4.50. The van der Waals surface area contributed by atoms with Crippen molar-refractivity contribution < 1.29 is 13.2 Å². The zero-order chi connectivity index (χ0) is 21.6. The molecule has 4 rings (SSSR count). The SMILES string of the molecule is CC1(C)[C@H]2CC[C@]1(C)/C(=N/NC(=O)c1ccc(S(=O)(=O)N3CCCCCC3)cc1)C2. The van der Waals surface area contributed by atoms with Gasteiger partial charge < -0.3 is 0 Å². The molecule has 1 aromatic carbocycles. The summed E-state index contributed by atoms with van der Waals surface area (Å²) in [4.78, 5) is 12.8. The van der Waals surface area contributed by atoms with Gasteiger partial charge in [0.15, 0.2) is 0 Å². The summed E-state index contributed by atoms with van der Waals surface area (Å²) in [5.41, 5.74) is 4.45. The fourth-order valence-electron chi connectivity index (χ4n) is 5.49. The average Bonchev–Trinajstić information content (AvgIpc) is 2.97. The van der Waals surface area contributed by atoms with Crippen LogP contribution in [0.3, 0.4) is 0 Å². The van der Waals surface area contributed by atoms with Crippen LogP contribution in [0.15, 0.2) is 34.3 Å². The van der Waals surface area contributed by atoms with Crippen LogP contribution >= 0.6 is 0 Å². The monoisotopic (exact) mass is 431 g/mol. The molecule has 164 valence electrons. The van der Waals surface area contributed by atoms with Crippen LogP contribution in [0.5, 0.6) is 0 Å². The molecule has 1 N–H and O–H groups in total. The first kappa shape index (κ1) is 21.5. The van der Waals surface area contributed by atoms with Crippen LogP contribution in [0.4, 0.5) is 0 Å². The van der Waals surface area contributed by atoms with E-state index >= 15 is 0 Å². The maximum Gasteiger partial charge on any atom is 0.271 e. The molecular formula is C23H33N3O3S. The fraction of sp³-hybridized carbons (Fsp3) is 0.652. The van der Waals surface area contributed by atoms with E-state index < -0.39 is 10.0 Å². The van der Waals surface area contributed by atoms with E-state index in [0.29, 0.717) is 24.6 Å². The van der Waals surface area contributed by atoms with Gasteiger partial charge in [-0.1, -0.05) is 33.6 Å². The lowest BCUT2D eigenvalue weighted by Gasteiger charge is -2.34. The van der Waals surface area contributed by atoms with E-state index in [1.54, 1.807) is 16.4 Å². The second kappa shape index (κ2) is 7.75. The second-order valence-corrected chi connectivity index (χ2v) is 11.8. The first-order valence-corrected chi connectivity index (χ1v) is 12.6. The van der Waals surface area contributed by atoms with Gasteiger partial charge in [-0.2, -0.15) is 9.41 Å². The summed E-state index contributed by atoms with van der Waals surface area (Å²) < 4.78 is 27.4. The number of hydrazone groups is 1. The molecule has 1 aliphatic heterocycles. The third-order valence-corrected chi connectivity index (χ3v) is 10.0. The molecule has 0 spiro atoms. The van der Waals surface area contributed by atoms with Gasteiger partial charge in [-0.3, -0.25) is 4.79 Å². The molecule has 1 amide bonds. The molecule has 2 saturated carbocycles. The molecule has 6 nitrogen and oxygen atoms in total. The standard InChI is InChI=1S/C23H33N3O3S/c1-22(2)18-12-13-23(22,3)20(16-18)24-25-21(27)17-8-10-19(11-9-17)30(28,29)26-14-6-4-5-7-15-26/h8-11,18H,4-7,12-16H2,1-3H3,(H,25,27)/b24-20+/t18-,23+/m0/s1. The number of fused-ring (bicyclic) bond motifs is 2. The number of nitrogens with zero attached hydrogens (tertiary/aromatic N) is 2. The number of sulfonamides is 1. The van der Waals surface area contributed by atoms with Gasteiger partial charge in [0.1, 0.15) is 0 Å². The third-order valence-electron chi connectivity index (χ3n) is 8.12. The normalized spacial score (nSPS) is 30.4. The van der Waals surface area contributed by atoms with E-state index in [0.717, 1.165) is 44.2 Å². The van der Waals surface area contributed by atoms with Crippen molar-refractivity contribution in [3.63, 3.8) is 0 Å². The van der Waals surface area contributed by atoms with Crippen LogP contribution in [0, 0.1) is 16.7 Å². The molecule has 3 fully saturated rings. The van der Waals surface area contributed by atoms with E-state index in [2.05, 4.69) is 31.3 Å². The maximum absolute atomic E-state index is 12.9. The number of hydrogen-bond acceptors (Lipinski definition) is 4. The van der Waals surface area contributed by atoms with Crippen LogP contribution in [0.2, 0.25) is 0 Å². The molecule has 0 radical (unpaired) electrons. The van der Waals surface area contributed by atoms with Crippen LogP contribution in [-0.2, 0) is 10.0 Å². The molecule has 30 heavy (non-hydrogen) atoms. The van der Waals surface area contributed by atoms with E-state index in [4.69, 9.17) is 0 Å². The first-order chi connectivity index (χ1) is 14.2. The highest BCUT2D eigenvalue weighted by Gasteiger charge is 2.60. The van der Waals surface area contributed by atoms with Gasteiger partial charge in [-0.15, -0.1) is 0 Å². The van der Waals surface area contributed by atoms with Gasteiger partial charge in [-0.05, 0) is 67.7 Å². The Morgan fingerprint density at radius 2 is 1.70 bits per heavy atom. The summed E-state index contributed by atoms with van der Waals surface area (Å²) in [7, 11) is -3.51. The summed E-state index contributed by atoms with van der Waals surface area (Å²) in [6.45, 7) is 8.00. The van der Waals surface area contributed by atoms with Crippen molar-refractivity contribution in [2.75, 3.05) is 13.1 Å². The Kier molecular flexibility index (Phi) is 5.56. The Hall–Kier alpha value is -1.73. The number of carbonyl (C=O) groups excluding carboxylic acids is 1. The fourth-order valence-corrected chi connectivity index (χ4v) is 7.01. The first-order valence-electron chi connectivity index (χ1n) is 11.1. The van der Waals surface area contributed by atoms with E-state index in [1.807, 2.05) is 0 Å². The molecular weight excluding hydrogens is 398 g/mol. The van der Waals surface area contributed by atoms with Crippen LogP contribution in [-0.4, -0.2) is 37.4 Å². The van der Waals surface area contributed by atoms with Gasteiger partial charge in [0.25, 0.3) is 5.91 Å². The lowest BCUT2D eigenvalue weighted by atomic mass is 9.70. The van der Waals surface area contributed by atoms with Crippen molar-refractivity contribution in [3.8, 4) is 0 Å². The van der Waals surface area contributed by atoms with Crippen molar-refractivity contribution in [1.82, 2.24) is 9.73 Å². The maximum atomic E-state index is 12.9. The zero-order valence-corrected chi connectivity index (χ0v) is 19.1. The Bertz CT molecular complexity index is 944. The number of carbonyl (C=O) groups is 1. The van der Waals surface area contributed by atoms with Crippen molar-refractivity contribution >= 4 is 21.6 Å². The lowest BCUT2D eigenvalue weighted by Crippen LogP contribution is -2.34. The molecule has 0 unspecified atom stereocenters. The van der Waals surface area contributed by atoms with Crippen molar-refractivity contribution in [2.45, 2.75) is 70.6 Å². The number of amides is 1. The predicted octanol–water partition coefficient (Wildman–Crippen LogP) is 4.18. The van der Waals surface area contributed by atoms with E-state index in [-0.39, 0.29) is 21.6 Å². The van der Waals surface area contributed by atoms with Gasteiger partial charge >= 0.3 is 0 Å². The minimum Gasteiger partial charge on any atom is -0.267 e. The van der Waals surface area contributed by atoms with Crippen LogP contribution in [0.25, 0.3) is 0 Å². The van der Waals surface area contributed by atoms with Crippen molar-refractivity contribution in [1.29, 1.82) is 0 Å². The minimum absolute atomic E-state index is 0.0377. The summed E-state index contributed by atoms with van der Waals surface area (Å²) >= 11 is 0. The number of benzene rings is 1. The minimum atomic E-state index is -3.51. The average molecular weight is 432 g/mol. The Labute approximate surface area is 180 Å². The molecule has 2 atom stereocenters. The highest BCUT2D eigenvalue weighted by atomic mass is 32.2. The van der Waals surface area contributed by atoms with Crippen molar-refractivity contribution in [3.05, 3.63) is 29.8 Å². The van der Waals surface area contributed by atoms with Gasteiger partial charge in [-0.25, -0.2) is 13.8 Å². The van der Waals surface area contributed by atoms with Gasteiger partial charge in [0, 0.05) is 29.8 Å². The molecule has 1 heterocycles. The summed E-state index contributed by atoms with van der Waals surface area (Å²) in [6.07, 6.45) is 7.23. The highest BCUT2D eigenvalue weighted by Crippen LogP contribution is 2.63. The zero-order valence-electron chi connectivity index (χ0n) is 18.3. The molecule has 2 bridgehead atoms. The van der Waals surface area contributed by atoms with Crippen LogP contribution in [0.1, 0.15) is 76.1 Å². The largest absolute Gasteiger partial charge is 0.271 e. The predicted molar refractivity (Wildman–Crippen MR) is 118 cm³/mol.